The molecule has 0 spiro atoms. The Labute approximate surface area is 184 Å². The molecule has 176 valence electrons. The van der Waals surface area contributed by atoms with E-state index in [0.717, 1.165) is 29.6 Å². The van der Waals surface area contributed by atoms with Crippen molar-refractivity contribution in [2.75, 3.05) is 14.2 Å². The van der Waals surface area contributed by atoms with Gasteiger partial charge in [0.15, 0.2) is 0 Å². The van der Waals surface area contributed by atoms with Crippen molar-refractivity contribution in [3.05, 3.63) is 36.4 Å². The number of halogens is 3. The van der Waals surface area contributed by atoms with Gasteiger partial charge in [0.05, 0.1) is 30.2 Å². The number of hydrogen-bond donors (Lipinski definition) is 2. The van der Waals surface area contributed by atoms with E-state index in [1.807, 2.05) is 6.92 Å². The van der Waals surface area contributed by atoms with Gasteiger partial charge in [-0.3, -0.25) is 15.8 Å². The van der Waals surface area contributed by atoms with Crippen molar-refractivity contribution < 1.29 is 26.3 Å². The molecule has 2 fully saturated rings. The summed E-state index contributed by atoms with van der Waals surface area (Å²) in [4.78, 5) is 3.20. The Balaban J connectivity index is 1.65. The highest BCUT2D eigenvalue weighted by Crippen LogP contribution is 2.37. The highest BCUT2D eigenvalue weighted by molar-refractivity contribution is 7.89. The molecular formula is C19H25F3N6O3S. The van der Waals surface area contributed by atoms with Crippen LogP contribution in [0.15, 0.2) is 35.6 Å². The molecule has 0 aromatic carbocycles. The van der Waals surface area contributed by atoms with Gasteiger partial charge in [-0.1, -0.05) is 0 Å². The van der Waals surface area contributed by atoms with Crippen LogP contribution in [0.2, 0.25) is 0 Å². The van der Waals surface area contributed by atoms with Crippen LogP contribution < -0.4 is 10.9 Å². The van der Waals surface area contributed by atoms with E-state index in [-0.39, 0.29) is 34.7 Å². The Morgan fingerprint density at radius 2 is 2.03 bits per heavy atom. The summed E-state index contributed by atoms with van der Waals surface area (Å²) in [5.74, 6) is -0.0157. The average Bonchev–Trinajstić information content (AvgIpc) is 3.40. The summed E-state index contributed by atoms with van der Waals surface area (Å²) in [7, 11) is -0.920. The number of fused-ring (bicyclic) bond motifs is 1. The Hall–Kier alpha value is -2.06. The first-order chi connectivity index (χ1) is 15.0. The van der Waals surface area contributed by atoms with Gasteiger partial charge in [-0.15, -0.1) is 0 Å². The first-order valence-corrected chi connectivity index (χ1v) is 11.6. The quantitative estimate of drug-likeness (QED) is 0.678. The minimum absolute atomic E-state index is 0.0157. The van der Waals surface area contributed by atoms with Crippen molar-refractivity contribution in [2.45, 2.75) is 55.1 Å². The molecule has 1 aliphatic heterocycles. The second-order valence-corrected chi connectivity index (χ2v) is 10.1. The number of likely N-dealkylation sites (N-methyl/N-ethyl adjacent to an activating group) is 1. The third-order valence-electron chi connectivity index (χ3n) is 6.33. The molecule has 2 aliphatic rings. The number of aromatic nitrogens is 3. The van der Waals surface area contributed by atoms with Crippen molar-refractivity contribution in [3.63, 3.8) is 0 Å². The standard InChI is InChI=1S/C19H25F3N6O3S/c1-11-17-14(26-25-11)4-5-15(31-3)18(17)27(2)32(29,30)13-9-24-28(10-13)12-6-7-23-16(8-12)19(20,21)22/h6-11,14-15,17-18,25-26H,4-5H2,1-3H3. The lowest BCUT2D eigenvalue weighted by molar-refractivity contribution is -0.141. The molecule has 4 rings (SSSR count). The van der Waals surface area contributed by atoms with E-state index in [0.29, 0.717) is 6.42 Å². The highest BCUT2D eigenvalue weighted by atomic mass is 32.2. The molecular weight excluding hydrogens is 449 g/mol. The molecule has 2 aromatic rings. The molecule has 5 atom stereocenters. The van der Waals surface area contributed by atoms with Crippen LogP contribution in [0.4, 0.5) is 13.2 Å². The number of pyridine rings is 1. The molecule has 2 aromatic heterocycles. The molecule has 0 radical (unpaired) electrons. The van der Waals surface area contributed by atoms with Gasteiger partial charge in [-0.25, -0.2) is 13.1 Å². The number of methoxy groups -OCH3 is 1. The lowest BCUT2D eigenvalue weighted by Crippen LogP contribution is -2.57. The molecule has 5 unspecified atom stereocenters. The summed E-state index contributed by atoms with van der Waals surface area (Å²) in [5, 5.41) is 3.98. The van der Waals surface area contributed by atoms with Gasteiger partial charge in [0.1, 0.15) is 10.6 Å². The molecule has 3 heterocycles. The molecule has 2 N–H and O–H groups in total. The van der Waals surface area contributed by atoms with E-state index < -0.39 is 27.9 Å². The van der Waals surface area contributed by atoms with Crippen molar-refractivity contribution in [1.29, 1.82) is 0 Å². The second-order valence-electron chi connectivity index (χ2n) is 8.14. The Kier molecular flexibility index (Phi) is 6.05. The molecule has 0 amide bonds. The monoisotopic (exact) mass is 474 g/mol. The summed E-state index contributed by atoms with van der Waals surface area (Å²) < 4.78 is 73.9. The summed E-state index contributed by atoms with van der Waals surface area (Å²) >= 11 is 0. The highest BCUT2D eigenvalue weighted by Gasteiger charge is 2.50. The zero-order chi connectivity index (χ0) is 23.3. The first kappa shape index (κ1) is 23.1. The van der Waals surface area contributed by atoms with Gasteiger partial charge in [-0.05, 0) is 31.9 Å². The Bertz CT molecular complexity index is 1080. The Morgan fingerprint density at radius 3 is 2.72 bits per heavy atom. The van der Waals surface area contributed by atoms with Crippen LogP contribution in [0.1, 0.15) is 25.5 Å². The fourth-order valence-electron chi connectivity index (χ4n) is 4.70. The number of ether oxygens (including phenoxy) is 1. The molecule has 1 saturated heterocycles. The smallest absolute Gasteiger partial charge is 0.380 e. The van der Waals surface area contributed by atoms with Crippen molar-refractivity contribution in [1.82, 2.24) is 29.9 Å². The van der Waals surface area contributed by atoms with Crippen LogP contribution >= 0.6 is 0 Å². The maximum atomic E-state index is 13.4. The zero-order valence-electron chi connectivity index (χ0n) is 17.7. The van der Waals surface area contributed by atoms with E-state index in [1.54, 1.807) is 7.11 Å². The molecule has 13 heteroatoms. The third-order valence-corrected chi connectivity index (χ3v) is 8.14. The zero-order valence-corrected chi connectivity index (χ0v) is 18.6. The predicted octanol–water partition coefficient (Wildman–Crippen LogP) is 1.57. The van der Waals surface area contributed by atoms with Gasteiger partial charge in [0, 0.05) is 38.4 Å². The van der Waals surface area contributed by atoms with E-state index >= 15 is 0 Å². The third kappa shape index (κ3) is 4.03. The largest absolute Gasteiger partial charge is 0.433 e. The lowest BCUT2D eigenvalue weighted by Gasteiger charge is -2.43. The number of hydrogen-bond acceptors (Lipinski definition) is 7. The van der Waals surface area contributed by atoms with Crippen molar-refractivity contribution >= 4 is 10.0 Å². The fraction of sp³-hybridized carbons (Fsp3) is 0.579. The minimum atomic E-state index is -4.62. The number of rotatable bonds is 5. The van der Waals surface area contributed by atoms with Crippen molar-refractivity contribution in [3.8, 4) is 5.69 Å². The van der Waals surface area contributed by atoms with Crippen molar-refractivity contribution in [2.24, 2.45) is 5.92 Å². The van der Waals surface area contributed by atoms with Gasteiger partial charge in [0.25, 0.3) is 0 Å². The van der Waals surface area contributed by atoms with Gasteiger partial charge < -0.3 is 4.74 Å². The number of alkyl halides is 3. The van der Waals surface area contributed by atoms with E-state index in [2.05, 4.69) is 20.9 Å². The number of sulfonamides is 1. The molecule has 1 saturated carbocycles. The summed E-state index contributed by atoms with van der Waals surface area (Å²) in [6.07, 6.45) is -0.0107. The van der Waals surface area contributed by atoms with Crippen LogP contribution in [0.25, 0.3) is 5.69 Å². The van der Waals surface area contributed by atoms with Crippen LogP contribution in [0.5, 0.6) is 0 Å². The van der Waals surface area contributed by atoms with Gasteiger partial charge >= 0.3 is 6.18 Å². The molecule has 0 bridgehead atoms. The van der Waals surface area contributed by atoms with Crippen LogP contribution in [0, 0.1) is 5.92 Å². The second kappa shape index (κ2) is 8.37. The number of nitrogens with zero attached hydrogens (tertiary/aromatic N) is 4. The fourth-order valence-corrected chi connectivity index (χ4v) is 6.04. The van der Waals surface area contributed by atoms with E-state index in [1.165, 1.54) is 23.6 Å². The summed E-state index contributed by atoms with van der Waals surface area (Å²) in [6, 6.07) is 1.85. The molecule has 9 nitrogen and oxygen atoms in total. The maximum absolute atomic E-state index is 13.4. The molecule has 1 aliphatic carbocycles. The number of hydrazine groups is 1. The lowest BCUT2D eigenvalue weighted by atomic mass is 9.76. The van der Waals surface area contributed by atoms with Crippen LogP contribution in [-0.2, 0) is 20.9 Å². The topological polar surface area (TPSA) is 101 Å². The normalized spacial score (nSPS) is 28.8. The van der Waals surface area contributed by atoms with Gasteiger partial charge in [-0.2, -0.15) is 22.6 Å². The SMILES string of the molecule is COC1CCC2NNC(C)C2C1N(C)S(=O)(=O)c1cnn(-c2ccnc(C(F)(F)F)c2)c1. The maximum Gasteiger partial charge on any atom is 0.433 e. The Morgan fingerprint density at radius 1 is 1.28 bits per heavy atom. The summed E-state index contributed by atoms with van der Waals surface area (Å²) in [6.45, 7) is 1.99. The predicted molar refractivity (Wildman–Crippen MR) is 108 cm³/mol. The van der Waals surface area contributed by atoms with Crippen LogP contribution in [-0.4, -0.2) is 65.9 Å². The van der Waals surface area contributed by atoms with Gasteiger partial charge in [0.2, 0.25) is 10.0 Å². The van der Waals surface area contributed by atoms with E-state index in [9.17, 15) is 21.6 Å². The van der Waals surface area contributed by atoms with E-state index in [4.69, 9.17) is 4.74 Å². The molecule has 32 heavy (non-hydrogen) atoms. The first-order valence-electron chi connectivity index (χ1n) is 10.1. The number of nitrogens with one attached hydrogen (secondary N) is 2. The minimum Gasteiger partial charge on any atom is -0.380 e. The summed E-state index contributed by atoms with van der Waals surface area (Å²) in [5.41, 5.74) is 5.39. The van der Waals surface area contributed by atoms with Crippen LogP contribution in [0.3, 0.4) is 0 Å². The average molecular weight is 475 g/mol.